The number of halogens is 2. The minimum absolute atomic E-state index is 0.0438. The van der Waals surface area contributed by atoms with E-state index < -0.39 is 28.5 Å². The van der Waals surface area contributed by atoms with Crippen LogP contribution >= 0.6 is 23.2 Å². The van der Waals surface area contributed by atoms with E-state index in [1.165, 1.54) is 23.1 Å². The largest absolute Gasteiger partial charge is 0.354 e. The Hall–Kier alpha value is -3.07. The number of amides is 2. The molecule has 2 amide bonds. The summed E-state index contributed by atoms with van der Waals surface area (Å²) in [6.07, 6.45) is 1.08. The minimum Gasteiger partial charge on any atom is -0.354 e. The smallest absolute Gasteiger partial charge is 0.264 e. The number of nitrogens with one attached hydrogen (secondary N) is 1. The fraction of sp³-hybridized carbons (Fsp3) is 0.333. The van der Waals surface area contributed by atoms with E-state index in [4.69, 9.17) is 23.2 Å². The van der Waals surface area contributed by atoms with E-state index in [2.05, 4.69) is 5.32 Å². The van der Waals surface area contributed by atoms with Gasteiger partial charge in [-0.2, -0.15) is 0 Å². The van der Waals surface area contributed by atoms with E-state index in [0.717, 1.165) is 21.9 Å². The van der Waals surface area contributed by atoms with Crippen LogP contribution in [0.2, 0.25) is 10.0 Å². The first kappa shape index (κ1) is 31.5. The molecule has 0 unspecified atom stereocenters. The van der Waals surface area contributed by atoms with E-state index in [0.29, 0.717) is 28.6 Å². The second kappa shape index (κ2) is 14.0. The lowest BCUT2D eigenvalue weighted by atomic mass is 10.1. The molecular formula is C30H35Cl2N3O4S. The first-order valence-electron chi connectivity index (χ1n) is 13.1. The number of carbonyl (C=O) groups excluding carboxylic acids is 2. The maximum Gasteiger partial charge on any atom is 0.264 e. The van der Waals surface area contributed by atoms with Crippen LogP contribution in [-0.2, 0) is 26.2 Å². The lowest BCUT2D eigenvalue weighted by molar-refractivity contribution is -0.140. The molecule has 0 aliphatic rings. The summed E-state index contributed by atoms with van der Waals surface area (Å²) in [4.78, 5) is 28.7. The van der Waals surface area contributed by atoms with Crippen LogP contribution in [0.4, 0.5) is 5.69 Å². The molecule has 10 heteroatoms. The molecular weight excluding hydrogens is 569 g/mol. The van der Waals surface area contributed by atoms with Gasteiger partial charge < -0.3 is 10.2 Å². The Labute approximate surface area is 247 Å². The fourth-order valence-electron chi connectivity index (χ4n) is 4.27. The highest BCUT2D eigenvalue weighted by Crippen LogP contribution is 2.30. The average molecular weight is 605 g/mol. The van der Waals surface area contributed by atoms with Gasteiger partial charge in [-0.15, -0.1) is 0 Å². The number of sulfonamides is 1. The monoisotopic (exact) mass is 603 g/mol. The van der Waals surface area contributed by atoms with Crippen molar-refractivity contribution in [3.63, 3.8) is 0 Å². The van der Waals surface area contributed by atoms with Crippen molar-refractivity contribution in [3.8, 4) is 0 Å². The molecule has 40 heavy (non-hydrogen) atoms. The van der Waals surface area contributed by atoms with Crippen molar-refractivity contribution in [2.75, 3.05) is 17.4 Å². The third-order valence-electron chi connectivity index (χ3n) is 6.53. The molecule has 1 atom stereocenters. The SMILES string of the molecule is CCCNC(=O)[C@@H](CC)N(Cc1ccc(Cl)cc1)C(=O)CN(c1cc(Cl)ccc1C)S(=O)(=O)c1ccc(C)cc1. The van der Waals surface area contributed by atoms with Crippen LogP contribution in [0.3, 0.4) is 0 Å². The molecule has 0 radical (unpaired) electrons. The van der Waals surface area contributed by atoms with Crippen molar-refractivity contribution in [1.82, 2.24) is 10.2 Å². The highest BCUT2D eigenvalue weighted by molar-refractivity contribution is 7.92. The van der Waals surface area contributed by atoms with Crippen LogP contribution in [0.15, 0.2) is 71.6 Å². The maximum absolute atomic E-state index is 14.1. The van der Waals surface area contributed by atoms with Crippen molar-refractivity contribution in [1.29, 1.82) is 0 Å². The highest BCUT2D eigenvalue weighted by atomic mass is 35.5. The molecule has 0 fully saturated rings. The normalized spacial score (nSPS) is 12.1. The number of benzene rings is 3. The molecule has 0 spiro atoms. The summed E-state index contributed by atoms with van der Waals surface area (Å²) in [5, 5.41) is 3.75. The van der Waals surface area contributed by atoms with E-state index in [-0.39, 0.29) is 23.0 Å². The lowest BCUT2D eigenvalue weighted by Gasteiger charge is -2.33. The van der Waals surface area contributed by atoms with E-state index >= 15 is 0 Å². The fourth-order valence-corrected chi connectivity index (χ4v) is 6.04. The molecule has 0 saturated heterocycles. The van der Waals surface area contributed by atoms with Gasteiger partial charge in [-0.05, 0) is 74.2 Å². The zero-order valence-electron chi connectivity index (χ0n) is 23.2. The molecule has 1 N–H and O–H groups in total. The van der Waals surface area contributed by atoms with Gasteiger partial charge >= 0.3 is 0 Å². The third kappa shape index (κ3) is 7.77. The van der Waals surface area contributed by atoms with Gasteiger partial charge in [0.1, 0.15) is 12.6 Å². The van der Waals surface area contributed by atoms with Crippen molar-refractivity contribution >= 4 is 50.7 Å². The number of hydrogen-bond acceptors (Lipinski definition) is 4. The molecule has 0 bridgehead atoms. The Morgan fingerprint density at radius 3 is 2.12 bits per heavy atom. The molecule has 214 valence electrons. The Kier molecular flexibility index (Phi) is 11.0. The molecule has 0 heterocycles. The van der Waals surface area contributed by atoms with Crippen molar-refractivity contribution < 1.29 is 18.0 Å². The quantitative estimate of drug-likeness (QED) is 0.269. The topological polar surface area (TPSA) is 86.8 Å². The summed E-state index contributed by atoms with van der Waals surface area (Å²) in [6, 6.07) is 17.5. The highest BCUT2D eigenvalue weighted by Gasteiger charge is 2.34. The standard InChI is InChI=1S/C30H35Cl2N3O4S/c1-5-17-33-30(37)27(6-2)34(19-23-10-13-24(31)14-11-23)29(36)20-35(28-18-25(32)12-9-22(28)4)40(38,39)26-15-7-21(3)8-16-26/h7-16,18,27H,5-6,17,19-20H2,1-4H3,(H,33,37)/t27-/m1/s1. The molecule has 3 aromatic rings. The van der Waals surface area contributed by atoms with Gasteiger partial charge in [0, 0.05) is 23.1 Å². The van der Waals surface area contributed by atoms with Gasteiger partial charge in [-0.3, -0.25) is 13.9 Å². The maximum atomic E-state index is 14.1. The molecule has 0 aromatic heterocycles. The second-order valence-corrected chi connectivity index (χ2v) is 12.4. The molecule has 0 saturated carbocycles. The lowest BCUT2D eigenvalue weighted by Crippen LogP contribution is -2.52. The van der Waals surface area contributed by atoms with Crippen molar-refractivity contribution in [3.05, 3.63) is 93.5 Å². The van der Waals surface area contributed by atoms with Gasteiger partial charge in [-0.1, -0.05) is 72.9 Å². The molecule has 7 nitrogen and oxygen atoms in total. The van der Waals surface area contributed by atoms with Crippen LogP contribution in [0.25, 0.3) is 0 Å². The molecule has 0 aliphatic heterocycles. The van der Waals surface area contributed by atoms with E-state index in [1.54, 1.807) is 55.5 Å². The summed E-state index contributed by atoms with van der Waals surface area (Å²) >= 11 is 12.3. The number of nitrogens with zero attached hydrogens (tertiary/aromatic N) is 2. The summed E-state index contributed by atoms with van der Waals surface area (Å²) in [5.74, 6) is -0.818. The van der Waals surface area contributed by atoms with Gasteiger partial charge in [0.15, 0.2) is 0 Å². The number of carbonyl (C=O) groups is 2. The zero-order valence-corrected chi connectivity index (χ0v) is 25.5. The first-order chi connectivity index (χ1) is 19.0. The number of aryl methyl sites for hydroxylation is 2. The minimum atomic E-state index is -4.17. The predicted molar refractivity (Wildman–Crippen MR) is 161 cm³/mol. The van der Waals surface area contributed by atoms with Crippen molar-refractivity contribution in [2.45, 2.75) is 58.0 Å². The van der Waals surface area contributed by atoms with Crippen LogP contribution in [0, 0.1) is 13.8 Å². The van der Waals surface area contributed by atoms with Gasteiger partial charge in [-0.25, -0.2) is 8.42 Å². The third-order valence-corrected chi connectivity index (χ3v) is 8.79. The van der Waals surface area contributed by atoms with Gasteiger partial charge in [0.2, 0.25) is 11.8 Å². The van der Waals surface area contributed by atoms with E-state index in [1.807, 2.05) is 20.8 Å². The molecule has 0 aliphatic carbocycles. The number of hydrogen-bond donors (Lipinski definition) is 1. The second-order valence-electron chi connectivity index (χ2n) is 9.62. The molecule has 3 rings (SSSR count). The Morgan fingerprint density at radius 2 is 1.52 bits per heavy atom. The van der Waals surface area contributed by atoms with Crippen LogP contribution in [0.1, 0.15) is 43.4 Å². The van der Waals surface area contributed by atoms with E-state index in [9.17, 15) is 18.0 Å². The number of rotatable bonds is 12. The summed E-state index contributed by atoms with van der Waals surface area (Å²) in [5.41, 5.74) is 2.58. The van der Waals surface area contributed by atoms with Crippen molar-refractivity contribution in [2.24, 2.45) is 0 Å². The van der Waals surface area contributed by atoms with Crippen LogP contribution < -0.4 is 9.62 Å². The zero-order chi connectivity index (χ0) is 29.4. The Morgan fingerprint density at radius 1 is 0.900 bits per heavy atom. The molecule has 3 aromatic carbocycles. The summed E-state index contributed by atoms with van der Waals surface area (Å²) < 4.78 is 29.1. The summed E-state index contributed by atoms with van der Waals surface area (Å²) in [6.45, 7) is 7.42. The summed E-state index contributed by atoms with van der Waals surface area (Å²) in [7, 11) is -4.17. The first-order valence-corrected chi connectivity index (χ1v) is 15.3. The number of anilines is 1. The van der Waals surface area contributed by atoms with Gasteiger partial charge in [0.05, 0.1) is 10.6 Å². The van der Waals surface area contributed by atoms with Crippen LogP contribution in [0.5, 0.6) is 0 Å². The Bertz CT molecular complexity index is 1430. The Balaban J connectivity index is 2.09. The van der Waals surface area contributed by atoms with Gasteiger partial charge in [0.25, 0.3) is 10.0 Å². The predicted octanol–water partition coefficient (Wildman–Crippen LogP) is 6.14. The average Bonchev–Trinajstić information content (AvgIpc) is 2.93. The van der Waals surface area contributed by atoms with Crippen LogP contribution in [-0.4, -0.2) is 44.3 Å².